The van der Waals surface area contributed by atoms with Gasteiger partial charge < -0.3 is 13.7 Å². The van der Waals surface area contributed by atoms with Crippen molar-refractivity contribution >= 4 is 132 Å². The number of benzene rings is 10. The van der Waals surface area contributed by atoms with Crippen LogP contribution in [0.2, 0.25) is 0 Å². The fourth-order valence-corrected chi connectivity index (χ4v) is 24.7. The zero-order chi connectivity index (χ0) is 51.0. The van der Waals surface area contributed by atoms with E-state index in [0.717, 1.165) is 110 Å². The van der Waals surface area contributed by atoms with Gasteiger partial charge in [0.1, 0.15) is 0 Å². The van der Waals surface area contributed by atoms with Gasteiger partial charge in [0.15, 0.2) is 21.4 Å². The van der Waals surface area contributed by atoms with E-state index in [4.69, 9.17) is 0 Å². The molecule has 14 rings (SSSR count). The van der Waals surface area contributed by atoms with Crippen molar-refractivity contribution in [3.8, 4) is 0 Å². The van der Waals surface area contributed by atoms with E-state index in [-0.39, 0.29) is 26.6 Å². The third kappa shape index (κ3) is 7.29. The molecule has 0 radical (unpaired) electrons. The third-order valence-electron chi connectivity index (χ3n) is 16.2. The first-order chi connectivity index (χ1) is 37.4. The summed E-state index contributed by atoms with van der Waals surface area (Å²) in [4.78, 5) is 0. The highest BCUT2D eigenvalue weighted by Crippen LogP contribution is 2.72. The van der Waals surface area contributed by atoms with Crippen LogP contribution in [0.5, 0.6) is 0 Å². The predicted octanol–water partition coefficient (Wildman–Crippen LogP) is 16.2. The molecule has 3 aliphatic carbocycles. The number of aryl methyl sites for hydroxylation is 1. The molecule has 0 fully saturated rings. The minimum atomic E-state index is -3.86. The highest BCUT2D eigenvalue weighted by atomic mass is 127. The van der Waals surface area contributed by atoms with Gasteiger partial charge in [-0.15, -0.1) is 0 Å². The first kappa shape index (κ1) is 47.4. The fraction of sp³-hybridized carbons (Fsp3) is 0.0580. The average molecular weight is 1150 g/mol. The molecule has 366 valence electrons. The first-order valence-corrected chi connectivity index (χ1v) is 33.6. The summed E-state index contributed by atoms with van der Waals surface area (Å²) in [5.74, 6) is -0.789. The molecule has 0 N–H and O–H groups in total. The summed E-state index contributed by atoms with van der Waals surface area (Å²) in [7, 11) is -11.2. The quantitative estimate of drug-likeness (QED) is 0.107. The van der Waals surface area contributed by atoms with Crippen LogP contribution in [-0.4, -0.2) is 4.01 Å². The lowest BCUT2D eigenvalue weighted by molar-refractivity contribution is 0.567. The van der Waals surface area contributed by atoms with Gasteiger partial charge in [-0.1, -0.05) is 257 Å². The van der Waals surface area contributed by atoms with Gasteiger partial charge in [-0.05, 0) is 104 Å². The van der Waals surface area contributed by atoms with Gasteiger partial charge in [0, 0.05) is 59.6 Å². The second-order valence-electron chi connectivity index (χ2n) is 20.1. The Hall–Kier alpha value is -7.03. The minimum absolute atomic E-state index is 0.257. The lowest BCUT2D eigenvalue weighted by Crippen LogP contribution is -2.30. The van der Waals surface area contributed by atoms with Crippen molar-refractivity contribution < 1.29 is 13.7 Å². The summed E-state index contributed by atoms with van der Waals surface area (Å²) in [5.41, 5.74) is 4.30. The van der Waals surface area contributed by atoms with E-state index in [0.29, 0.717) is 10.6 Å². The molecule has 4 unspecified atom stereocenters. The molecule has 10 aromatic carbocycles. The molecule has 0 saturated carbocycles. The Morgan fingerprint density at radius 3 is 1.45 bits per heavy atom. The van der Waals surface area contributed by atoms with Crippen LogP contribution in [-0.2, 0) is 20.1 Å². The average Bonchev–Trinajstić information content (AvgIpc) is 3.61. The summed E-state index contributed by atoms with van der Waals surface area (Å²) in [6.45, 7) is 0. The van der Waals surface area contributed by atoms with Gasteiger partial charge in [0.25, 0.3) is 0 Å². The van der Waals surface area contributed by atoms with Crippen LogP contribution in [0.15, 0.2) is 263 Å². The molecule has 76 heavy (non-hydrogen) atoms. The van der Waals surface area contributed by atoms with Gasteiger partial charge in [-0.25, -0.2) is 0 Å². The molecule has 4 atom stereocenters. The monoisotopic (exact) mass is 1150 g/mol. The summed E-state index contributed by atoms with van der Waals surface area (Å²) in [5, 5.41) is 14.6. The molecule has 10 aromatic rings. The largest absolute Gasteiger partial charge is 0.309 e. The van der Waals surface area contributed by atoms with Gasteiger partial charge >= 0.3 is 0 Å². The summed E-state index contributed by atoms with van der Waals surface area (Å²) >= 11 is -0.257. The van der Waals surface area contributed by atoms with Crippen LogP contribution in [0.4, 0.5) is 0 Å². The minimum Gasteiger partial charge on any atom is -0.309 e. The van der Waals surface area contributed by atoms with E-state index in [2.05, 4.69) is 178 Å². The van der Waals surface area contributed by atoms with Crippen LogP contribution in [0.3, 0.4) is 0 Å². The third-order valence-corrected chi connectivity index (χ3v) is 27.8. The fourth-order valence-electron chi connectivity index (χ4n) is 12.8. The van der Waals surface area contributed by atoms with Gasteiger partial charge in [-0.3, -0.25) is 0 Å². The Balaban J connectivity index is 1.05. The molecule has 0 spiro atoms. The molecule has 0 bridgehead atoms. The van der Waals surface area contributed by atoms with Gasteiger partial charge in [-0.2, -0.15) is 0 Å². The second kappa shape index (κ2) is 18.9. The van der Waals surface area contributed by atoms with Crippen molar-refractivity contribution in [1.29, 1.82) is 0 Å². The summed E-state index contributed by atoms with van der Waals surface area (Å²) in [6.07, 6.45) is 18.7. The van der Waals surface area contributed by atoms with Crippen molar-refractivity contribution in [1.82, 2.24) is 0 Å². The molecule has 0 aromatic heterocycles. The number of rotatable bonds is 9. The normalized spacial score (nSPS) is 18.4. The molecule has 0 saturated heterocycles. The number of hydrogen-bond donors (Lipinski definition) is 0. The van der Waals surface area contributed by atoms with E-state index in [1.807, 2.05) is 84.9 Å². The lowest BCUT2D eigenvalue weighted by atomic mass is 9.84. The van der Waals surface area contributed by atoms with Crippen LogP contribution in [0.1, 0.15) is 28.7 Å². The van der Waals surface area contributed by atoms with Crippen molar-refractivity contribution in [2.45, 2.75) is 12.8 Å². The maximum atomic E-state index is 18.1. The molecular formula is C69H50IO3P3. The smallest absolute Gasteiger partial charge is 0.172 e. The van der Waals surface area contributed by atoms with Crippen LogP contribution >= 0.6 is 42.2 Å². The Kier molecular flexibility index (Phi) is 11.8. The zero-order valence-electron chi connectivity index (χ0n) is 41.4. The van der Waals surface area contributed by atoms with Crippen molar-refractivity contribution in [3.63, 3.8) is 0 Å². The van der Waals surface area contributed by atoms with Gasteiger partial charge in [0.2, 0.25) is 0 Å². The molecule has 7 heteroatoms. The maximum absolute atomic E-state index is 18.1. The highest BCUT2D eigenvalue weighted by Gasteiger charge is 2.49. The molecule has 4 aliphatic rings. The van der Waals surface area contributed by atoms with Crippen LogP contribution < -0.4 is 31.8 Å². The molecule has 0 amide bonds. The molecular weight excluding hydrogens is 1100 g/mol. The van der Waals surface area contributed by atoms with E-state index in [9.17, 15) is 0 Å². The Bertz CT molecular complexity index is 4390. The SMILES string of the molecule is O=P(C1=CCCc2ccccc21)(C1=CC=C(P(=O)(c2cccc3c2C=CI=C3)c2cccc3ccccc23)C2C=CC=CC12)c1ccc(P(=O)(c2cccc3ccccc23)c2cccc3ccccc23)c2ccccc12. The second-order valence-corrected chi connectivity index (χ2v) is 30.2. The lowest BCUT2D eigenvalue weighted by Gasteiger charge is -2.40. The van der Waals surface area contributed by atoms with Crippen molar-refractivity contribution in [3.05, 3.63) is 286 Å². The standard InChI is InChI=1S/C69H50IO3P3/c71-74(61-35-13-22-47-18-1-5-27-52(47)61,62-36-14-23-48-19-2-6-28-53(48)62)66-40-42-68(59-33-11-9-31-57(59)66)76(73,64-38-16-25-50-21-4-8-30-55(50)64)69-43-41-67(58-32-10-12-34-60(58)69)75(72,63-37-15-24-49-20-3-7-29-54(49)63)65-39-17-26-51-46-70-45-44-56(51)65/h1-15,17-24,26-46,58,60H,16,25H2. The number of hydrogen-bond acceptors (Lipinski definition) is 3. The van der Waals surface area contributed by atoms with Crippen molar-refractivity contribution in [2.24, 2.45) is 11.8 Å². The van der Waals surface area contributed by atoms with E-state index >= 15 is 13.7 Å². The molecule has 1 heterocycles. The highest BCUT2D eigenvalue weighted by molar-refractivity contribution is 14.2. The molecule has 1 aliphatic heterocycles. The Labute approximate surface area is 453 Å². The molecule has 3 nitrogen and oxygen atoms in total. The maximum Gasteiger partial charge on any atom is 0.172 e. The number of halogens is 1. The predicted molar refractivity (Wildman–Crippen MR) is 335 cm³/mol. The summed E-state index contributed by atoms with van der Waals surface area (Å²) in [6, 6.07) is 70.3. The topological polar surface area (TPSA) is 51.2 Å². The number of fused-ring (bicyclic) bond motifs is 7. The van der Waals surface area contributed by atoms with Crippen molar-refractivity contribution in [2.75, 3.05) is 0 Å². The van der Waals surface area contributed by atoms with E-state index < -0.39 is 27.3 Å². The Morgan fingerprint density at radius 1 is 0.408 bits per heavy atom. The summed E-state index contributed by atoms with van der Waals surface area (Å²) < 4.78 is 57.5. The van der Waals surface area contributed by atoms with Gasteiger partial charge in [0.05, 0.1) is 0 Å². The van der Waals surface area contributed by atoms with Crippen LogP contribution in [0, 0.1) is 11.8 Å². The first-order valence-electron chi connectivity index (χ1n) is 26.0. The van der Waals surface area contributed by atoms with Crippen LogP contribution in [0.25, 0.3) is 54.5 Å². The van der Waals surface area contributed by atoms with E-state index in [1.54, 1.807) is 0 Å². The Morgan fingerprint density at radius 2 is 0.855 bits per heavy atom. The zero-order valence-corrected chi connectivity index (χ0v) is 46.3. The number of allylic oxidation sites excluding steroid dienone is 9. The van der Waals surface area contributed by atoms with E-state index in [1.165, 1.54) is 5.56 Å².